The Morgan fingerprint density at radius 2 is 1.77 bits per heavy atom. The van der Waals surface area contributed by atoms with Crippen molar-refractivity contribution in [2.24, 2.45) is 0 Å². The molecule has 1 N–H and O–H groups in total. The average Bonchev–Trinajstić information content (AvgIpc) is 2.69. The van der Waals surface area contributed by atoms with Gasteiger partial charge in [0.15, 0.2) is 0 Å². The van der Waals surface area contributed by atoms with E-state index in [-0.39, 0.29) is 17.6 Å². The minimum atomic E-state index is -0.113. The molecule has 6 heteroatoms. The zero-order valence-electron chi connectivity index (χ0n) is 15.2. The Morgan fingerprint density at radius 1 is 1.04 bits per heavy atom. The normalized spacial score (nSPS) is 25.8. The number of morpholine rings is 1. The lowest BCUT2D eigenvalue weighted by atomic mass is 9.84. The molecule has 4 rings (SSSR count). The second-order valence-corrected chi connectivity index (χ2v) is 7.42. The first-order valence-electron chi connectivity index (χ1n) is 9.70. The van der Waals surface area contributed by atoms with Crippen LogP contribution < -0.4 is 10.2 Å². The van der Waals surface area contributed by atoms with E-state index >= 15 is 0 Å². The van der Waals surface area contributed by atoms with Crippen molar-refractivity contribution in [2.75, 3.05) is 51.0 Å². The number of hydrogen-bond acceptors (Lipinski definition) is 5. The molecule has 0 aliphatic carbocycles. The molecule has 1 aromatic rings. The van der Waals surface area contributed by atoms with Crippen LogP contribution in [0.5, 0.6) is 0 Å². The highest BCUT2D eigenvalue weighted by Gasteiger charge is 2.39. The van der Waals surface area contributed by atoms with Crippen molar-refractivity contribution in [2.45, 2.75) is 37.3 Å². The van der Waals surface area contributed by atoms with Gasteiger partial charge in [0.2, 0.25) is 0 Å². The summed E-state index contributed by atoms with van der Waals surface area (Å²) < 4.78 is 17.0. The summed E-state index contributed by atoms with van der Waals surface area (Å²) in [4.78, 5) is 15.3. The van der Waals surface area contributed by atoms with Crippen molar-refractivity contribution in [3.05, 3.63) is 29.8 Å². The van der Waals surface area contributed by atoms with Crippen molar-refractivity contribution >= 4 is 11.6 Å². The predicted molar refractivity (Wildman–Crippen MR) is 98.7 cm³/mol. The summed E-state index contributed by atoms with van der Waals surface area (Å²) in [6.45, 7) is 5.27. The number of carbonyl (C=O) groups is 1. The predicted octanol–water partition coefficient (Wildman–Crippen LogP) is 1.98. The number of ether oxygens (including phenoxy) is 3. The summed E-state index contributed by atoms with van der Waals surface area (Å²) in [7, 11) is 0. The minimum Gasteiger partial charge on any atom is -0.381 e. The molecule has 1 amide bonds. The van der Waals surface area contributed by atoms with Crippen LogP contribution >= 0.6 is 0 Å². The van der Waals surface area contributed by atoms with Crippen molar-refractivity contribution < 1.29 is 19.0 Å². The van der Waals surface area contributed by atoms with Crippen LogP contribution in [0.2, 0.25) is 0 Å². The van der Waals surface area contributed by atoms with Gasteiger partial charge in [-0.25, -0.2) is 0 Å². The largest absolute Gasteiger partial charge is 0.381 e. The number of nitrogens with zero attached hydrogens (tertiary/aromatic N) is 1. The average molecular weight is 360 g/mol. The molecule has 0 radical (unpaired) electrons. The maximum atomic E-state index is 13.0. The summed E-state index contributed by atoms with van der Waals surface area (Å²) in [6, 6.07) is 8.04. The Hall–Kier alpha value is -1.63. The molecule has 3 aliphatic heterocycles. The molecule has 26 heavy (non-hydrogen) atoms. The number of amides is 1. The van der Waals surface area contributed by atoms with Crippen molar-refractivity contribution in [3.8, 4) is 0 Å². The monoisotopic (exact) mass is 360 g/mol. The number of rotatable bonds is 3. The highest BCUT2D eigenvalue weighted by molar-refractivity contribution is 6.00. The van der Waals surface area contributed by atoms with Gasteiger partial charge in [0.25, 0.3) is 5.91 Å². The number of nitrogens with one attached hydrogen (secondary N) is 1. The van der Waals surface area contributed by atoms with E-state index in [1.807, 2.05) is 24.3 Å². The van der Waals surface area contributed by atoms with Crippen molar-refractivity contribution in [3.63, 3.8) is 0 Å². The fraction of sp³-hybridized carbons (Fsp3) is 0.650. The fourth-order valence-electron chi connectivity index (χ4n) is 4.25. The van der Waals surface area contributed by atoms with Crippen LogP contribution in [0.25, 0.3) is 0 Å². The van der Waals surface area contributed by atoms with Gasteiger partial charge in [-0.05, 0) is 37.8 Å². The van der Waals surface area contributed by atoms with Crippen LogP contribution in [-0.4, -0.2) is 63.7 Å². The van der Waals surface area contributed by atoms with Gasteiger partial charge < -0.3 is 24.4 Å². The molecule has 1 spiro atoms. The molecule has 0 saturated carbocycles. The van der Waals surface area contributed by atoms with Crippen LogP contribution in [0, 0.1) is 0 Å². The molecule has 0 bridgehead atoms. The molecule has 0 aromatic heterocycles. The third-order valence-electron chi connectivity index (χ3n) is 5.73. The standard InChI is InChI=1S/C20H28N2O4/c23-19(17-3-1-2-4-18(17)22-8-13-25-14-9-22)21-16-5-10-26-20(15-16)6-11-24-12-7-20/h1-4,16H,5-15H2,(H,21,23)/t16-/m1/s1. The molecular weight excluding hydrogens is 332 g/mol. The minimum absolute atomic E-state index is 0.0150. The van der Waals surface area contributed by atoms with Gasteiger partial charge in [0.1, 0.15) is 0 Å². The molecular formula is C20H28N2O4. The zero-order chi connectivity index (χ0) is 17.8. The summed E-state index contributed by atoms with van der Waals surface area (Å²) in [5, 5.41) is 3.27. The molecule has 1 atom stereocenters. The van der Waals surface area contributed by atoms with Crippen molar-refractivity contribution in [1.82, 2.24) is 5.32 Å². The first-order valence-corrected chi connectivity index (χ1v) is 9.70. The Kier molecular flexibility index (Phi) is 5.43. The van der Waals surface area contributed by atoms with E-state index in [9.17, 15) is 4.79 Å². The molecule has 1 aromatic carbocycles. The van der Waals surface area contributed by atoms with Crippen molar-refractivity contribution in [1.29, 1.82) is 0 Å². The number of benzene rings is 1. The summed E-state index contributed by atoms with van der Waals surface area (Å²) in [6.07, 6.45) is 3.59. The number of anilines is 1. The highest BCUT2D eigenvalue weighted by atomic mass is 16.5. The second kappa shape index (κ2) is 7.94. The quantitative estimate of drug-likeness (QED) is 0.893. The summed E-state index contributed by atoms with van der Waals surface area (Å²) in [5.41, 5.74) is 1.64. The van der Waals surface area contributed by atoms with E-state index in [4.69, 9.17) is 14.2 Å². The smallest absolute Gasteiger partial charge is 0.253 e. The van der Waals surface area contributed by atoms with Gasteiger partial charge in [-0.2, -0.15) is 0 Å². The summed E-state index contributed by atoms with van der Waals surface area (Å²) in [5.74, 6) is 0.0150. The lowest BCUT2D eigenvalue weighted by Crippen LogP contribution is -2.51. The Balaban J connectivity index is 1.45. The fourth-order valence-corrected chi connectivity index (χ4v) is 4.25. The molecule has 3 aliphatic rings. The second-order valence-electron chi connectivity index (χ2n) is 7.42. The van der Waals surface area contributed by atoms with Gasteiger partial charge in [-0.3, -0.25) is 4.79 Å². The highest BCUT2D eigenvalue weighted by Crippen LogP contribution is 2.34. The number of hydrogen-bond donors (Lipinski definition) is 1. The lowest BCUT2D eigenvalue weighted by molar-refractivity contribution is -0.139. The molecule has 3 fully saturated rings. The molecule has 6 nitrogen and oxygen atoms in total. The number of carbonyl (C=O) groups excluding carboxylic acids is 1. The van der Waals surface area contributed by atoms with E-state index in [0.29, 0.717) is 19.8 Å². The maximum absolute atomic E-state index is 13.0. The third-order valence-corrected chi connectivity index (χ3v) is 5.73. The van der Waals surface area contributed by atoms with E-state index in [0.717, 1.165) is 63.2 Å². The van der Waals surface area contributed by atoms with E-state index < -0.39 is 0 Å². The zero-order valence-corrected chi connectivity index (χ0v) is 15.2. The van der Waals surface area contributed by atoms with Gasteiger partial charge in [0, 0.05) is 44.6 Å². The van der Waals surface area contributed by atoms with Crippen LogP contribution in [0.1, 0.15) is 36.0 Å². The SMILES string of the molecule is O=C(N[C@@H]1CCOC2(CCOCC2)C1)c1ccccc1N1CCOCC1. The van der Waals surface area contributed by atoms with Crippen LogP contribution in [-0.2, 0) is 14.2 Å². The molecule has 3 saturated heterocycles. The Bertz CT molecular complexity index is 618. The lowest BCUT2D eigenvalue weighted by Gasteiger charge is -2.43. The molecule has 142 valence electrons. The third kappa shape index (κ3) is 3.87. The Labute approximate surface area is 154 Å². The first kappa shape index (κ1) is 17.8. The van der Waals surface area contributed by atoms with Crippen LogP contribution in [0.15, 0.2) is 24.3 Å². The van der Waals surface area contributed by atoms with Crippen LogP contribution in [0.3, 0.4) is 0 Å². The van der Waals surface area contributed by atoms with Gasteiger partial charge >= 0.3 is 0 Å². The first-order chi connectivity index (χ1) is 12.8. The van der Waals surface area contributed by atoms with Gasteiger partial charge in [-0.1, -0.05) is 12.1 Å². The van der Waals surface area contributed by atoms with E-state index in [1.165, 1.54) is 0 Å². The topological polar surface area (TPSA) is 60.0 Å². The Morgan fingerprint density at radius 3 is 2.58 bits per heavy atom. The van der Waals surface area contributed by atoms with E-state index in [1.54, 1.807) is 0 Å². The summed E-state index contributed by atoms with van der Waals surface area (Å²) >= 11 is 0. The maximum Gasteiger partial charge on any atom is 0.253 e. The van der Waals surface area contributed by atoms with Crippen LogP contribution in [0.4, 0.5) is 5.69 Å². The molecule has 3 heterocycles. The van der Waals surface area contributed by atoms with E-state index in [2.05, 4.69) is 10.2 Å². The van der Waals surface area contributed by atoms with Gasteiger partial charge in [-0.15, -0.1) is 0 Å². The number of para-hydroxylation sites is 1. The van der Waals surface area contributed by atoms with Gasteiger partial charge in [0.05, 0.1) is 24.4 Å². The molecule has 0 unspecified atom stereocenters.